The molecule has 2 aromatic rings. The van der Waals surface area contributed by atoms with Crippen molar-refractivity contribution in [2.45, 2.75) is 24.8 Å². The van der Waals surface area contributed by atoms with Gasteiger partial charge in [-0.05, 0) is 30.7 Å². The molecule has 0 aliphatic carbocycles. The van der Waals surface area contributed by atoms with Crippen LogP contribution in [-0.2, 0) is 15.6 Å². The summed E-state index contributed by atoms with van der Waals surface area (Å²) in [5.74, 6) is 0.741. The second-order valence-corrected chi connectivity index (χ2v) is 10.5. The summed E-state index contributed by atoms with van der Waals surface area (Å²) in [6.07, 6.45) is 0. The molecule has 28 heavy (non-hydrogen) atoms. The largest absolute Gasteiger partial charge is 0.315 e. The summed E-state index contributed by atoms with van der Waals surface area (Å²) in [6, 6.07) is 14.4. The molecule has 0 amide bonds. The lowest BCUT2D eigenvalue weighted by atomic mass is 10.1. The fourth-order valence-corrected chi connectivity index (χ4v) is 6.82. The smallest absolute Gasteiger partial charge is 0.164 e. The molecule has 0 bridgehead atoms. The zero-order valence-corrected chi connectivity index (χ0v) is 17.6. The summed E-state index contributed by atoms with van der Waals surface area (Å²) in [5.41, 5.74) is 2.39. The van der Waals surface area contributed by atoms with Gasteiger partial charge in [0.05, 0.1) is 23.6 Å². The molecular formula is C20H19ClN2O3S2. The van der Waals surface area contributed by atoms with E-state index in [2.05, 4.69) is 0 Å². The fraction of sp³-hybridized carbons (Fsp3) is 0.300. The quantitative estimate of drug-likeness (QED) is 0.684. The molecule has 8 heteroatoms. The highest BCUT2D eigenvalue weighted by atomic mass is 35.5. The number of thioether (sulfide) groups is 1. The zero-order valence-electron chi connectivity index (χ0n) is 15.2. The summed E-state index contributed by atoms with van der Waals surface area (Å²) in [7, 11) is -3.12. The molecule has 2 heterocycles. The second kappa shape index (κ2) is 7.54. The summed E-state index contributed by atoms with van der Waals surface area (Å²) in [5, 5.41) is 1.46. The van der Waals surface area contributed by atoms with E-state index in [9.17, 15) is 13.2 Å². The van der Waals surface area contributed by atoms with Crippen molar-refractivity contribution in [1.29, 1.82) is 0 Å². The minimum Gasteiger partial charge on any atom is -0.315 e. The molecule has 2 aliphatic heterocycles. The predicted octanol–water partition coefficient (Wildman–Crippen LogP) is 3.82. The Morgan fingerprint density at radius 2 is 2.00 bits per heavy atom. The van der Waals surface area contributed by atoms with Gasteiger partial charge in [0.2, 0.25) is 0 Å². The minimum absolute atomic E-state index is 0.0288. The van der Waals surface area contributed by atoms with Gasteiger partial charge in [-0.3, -0.25) is 9.79 Å². The normalized spacial score (nSPS) is 22.8. The first kappa shape index (κ1) is 19.5. The van der Waals surface area contributed by atoms with Crippen molar-refractivity contribution in [1.82, 2.24) is 0 Å². The third kappa shape index (κ3) is 3.83. The highest BCUT2D eigenvalue weighted by Gasteiger charge is 2.47. The van der Waals surface area contributed by atoms with E-state index in [4.69, 9.17) is 16.6 Å². The molecule has 0 spiro atoms. The molecule has 2 aromatic carbocycles. The standard InChI is InChI=1S/C20H19ClN2O3S2/c1-13(24)14-6-4-7-16(9-14)23-19-12-28(25,26)11-18(19)22-20(23)27-10-15-5-2-3-8-17(15)21/h2-9,18-19H,10-12H2,1H3. The van der Waals surface area contributed by atoms with Crippen LogP contribution in [-0.4, -0.2) is 43.0 Å². The third-order valence-electron chi connectivity index (χ3n) is 4.95. The van der Waals surface area contributed by atoms with Gasteiger partial charge in [0, 0.05) is 22.0 Å². The van der Waals surface area contributed by atoms with E-state index in [1.807, 2.05) is 41.3 Å². The monoisotopic (exact) mass is 434 g/mol. The fourth-order valence-electron chi connectivity index (χ4n) is 3.57. The average Bonchev–Trinajstić information content (AvgIpc) is 3.12. The van der Waals surface area contributed by atoms with Crippen molar-refractivity contribution in [2.75, 3.05) is 16.4 Å². The number of hydrogen-bond acceptors (Lipinski definition) is 6. The Balaban J connectivity index is 1.66. The van der Waals surface area contributed by atoms with Gasteiger partial charge in [0.15, 0.2) is 20.8 Å². The van der Waals surface area contributed by atoms with Crippen LogP contribution in [0, 0.1) is 0 Å². The van der Waals surface area contributed by atoms with Crippen LogP contribution in [0.5, 0.6) is 0 Å². The van der Waals surface area contributed by atoms with Crippen molar-refractivity contribution in [3.63, 3.8) is 0 Å². The van der Waals surface area contributed by atoms with Crippen LogP contribution < -0.4 is 4.90 Å². The van der Waals surface area contributed by atoms with E-state index in [0.29, 0.717) is 16.3 Å². The molecule has 5 nitrogen and oxygen atoms in total. The molecule has 146 valence electrons. The van der Waals surface area contributed by atoms with Crippen molar-refractivity contribution in [3.05, 3.63) is 64.7 Å². The molecule has 0 N–H and O–H groups in total. The topological polar surface area (TPSA) is 66.8 Å². The number of fused-ring (bicyclic) bond motifs is 1. The Morgan fingerprint density at radius 1 is 1.21 bits per heavy atom. The highest BCUT2D eigenvalue weighted by molar-refractivity contribution is 8.13. The van der Waals surface area contributed by atoms with Crippen molar-refractivity contribution in [3.8, 4) is 0 Å². The molecule has 0 aromatic heterocycles. The van der Waals surface area contributed by atoms with E-state index in [1.54, 1.807) is 12.1 Å². The number of ketones is 1. The number of sulfone groups is 1. The van der Waals surface area contributed by atoms with Gasteiger partial charge in [-0.2, -0.15) is 0 Å². The molecule has 0 radical (unpaired) electrons. The number of amidine groups is 1. The average molecular weight is 435 g/mol. The number of carbonyl (C=O) groups is 1. The second-order valence-electron chi connectivity index (χ2n) is 6.98. The van der Waals surface area contributed by atoms with E-state index in [1.165, 1.54) is 18.7 Å². The maximum atomic E-state index is 12.2. The Labute approximate surface area is 173 Å². The molecule has 2 aliphatic rings. The van der Waals surface area contributed by atoms with Gasteiger partial charge in [0.25, 0.3) is 0 Å². The van der Waals surface area contributed by atoms with Gasteiger partial charge < -0.3 is 4.90 Å². The number of benzene rings is 2. The lowest BCUT2D eigenvalue weighted by Crippen LogP contribution is -2.39. The van der Waals surface area contributed by atoms with Gasteiger partial charge in [0.1, 0.15) is 0 Å². The molecule has 0 saturated carbocycles. The number of Topliss-reactive ketones (excluding diaryl/α,β-unsaturated/α-hetero) is 1. The lowest BCUT2D eigenvalue weighted by molar-refractivity contribution is 0.101. The number of nitrogens with zero attached hydrogens (tertiary/aromatic N) is 2. The summed E-state index contributed by atoms with van der Waals surface area (Å²) < 4.78 is 24.3. The molecule has 1 fully saturated rings. The first-order valence-electron chi connectivity index (χ1n) is 8.89. The summed E-state index contributed by atoms with van der Waals surface area (Å²) in [6.45, 7) is 1.52. The molecule has 1 saturated heterocycles. The van der Waals surface area contributed by atoms with Gasteiger partial charge >= 0.3 is 0 Å². The van der Waals surface area contributed by atoms with E-state index < -0.39 is 9.84 Å². The van der Waals surface area contributed by atoms with Crippen LogP contribution in [0.1, 0.15) is 22.8 Å². The number of aliphatic imine (C=N–C) groups is 1. The van der Waals surface area contributed by atoms with E-state index in [0.717, 1.165) is 16.4 Å². The maximum absolute atomic E-state index is 12.2. The predicted molar refractivity (Wildman–Crippen MR) is 115 cm³/mol. The number of rotatable bonds is 4. The van der Waals surface area contributed by atoms with Crippen LogP contribution in [0.2, 0.25) is 5.02 Å². The van der Waals surface area contributed by atoms with E-state index in [-0.39, 0.29) is 29.4 Å². The number of anilines is 1. The van der Waals surface area contributed by atoms with Crippen molar-refractivity contribution < 1.29 is 13.2 Å². The lowest BCUT2D eigenvalue weighted by Gasteiger charge is -2.27. The minimum atomic E-state index is -3.12. The Bertz CT molecular complexity index is 1070. The first-order chi connectivity index (χ1) is 13.3. The Kier molecular flexibility index (Phi) is 5.24. The number of hydrogen-bond donors (Lipinski definition) is 0. The van der Waals surface area contributed by atoms with Crippen LogP contribution in [0.4, 0.5) is 5.69 Å². The zero-order chi connectivity index (χ0) is 19.9. The maximum Gasteiger partial charge on any atom is 0.164 e. The van der Waals surface area contributed by atoms with Gasteiger partial charge in [-0.1, -0.05) is 53.7 Å². The summed E-state index contributed by atoms with van der Waals surface area (Å²) in [4.78, 5) is 18.5. The summed E-state index contributed by atoms with van der Waals surface area (Å²) >= 11 is 7.81. The van der Waals surface area contributed by atoms with Crippen LogP contribution >= 0.6 is 23.4 Å². The highest BCUT2D eigenvalue weighted by Crippen LogP contribution is 2.36. The molecular weight excluding hydrogens is 416 g/mol. The number of halogens is 1. The Hall–Kier alpha value is -1.83. The first-order valence-corrected chi connectivity index (χ1v) is 12.1. The SMILES string of the molecule is CC(=O)c1cccc(N2C(SCc3ccccc3Cl)=NC3CS(=O)(=O)CC32)c1. The van der Waals surface area contributed by atoms with Crippen molar-refractivity contribution >= 4 is 49.8 Å². The Morgan fingerprint density at radius 3 is 2.75 bits per heavy atom. The van der Waals surface area contributed by atoms with Gasteiger partial charge in [-0.25, -0.2) is 8.42 Å². The van der Waals surface area contributed by atoms with Gasteiger partial charge in [-0.15, -0.1) is 0 Å². The van der Waals surface area contributed by atoms with Crippen LogP contribution in [0.25, 0.3) is 0 Å². The van der Waals surface area contributed by atoms with Crippen LogP contribution in [0.15, 0.2) is 53.5 Å². The number of carbonyl (C=O) groups excluding carboxylic acids is 1. The van der Waals surface area contributed by atoms with Crippen LogP contribution in [0.3, 0.4) is 0 Å². The van der Waals surface area contributed by atoms with E-state index >= 15 is 0 Å². The van der Waals surface area contributed by atoms with Crippen molar-refractivity contribution in [2.24, 2.45) is 4.99 Å². The third-order valence-corrected chi connectivity index (χ3v) is 8.04. The molecule has 2 atom stereocenters. The molecule has 4 rings (SSSR count). The molecule has 2 unspecified atom stereocenters.